The number of nitrogen functional groups attached to an aromatic ring is 1. The number of benzene rings is 1. The smallest absolute Gasteiger partial charge is 0.243 e. The SMILES string of the molecule is CC.Nc1ncnc2c1nc(Sc1cc3c(cc1Cl)OCO3)n2CCCCCC(=O)NO. The van der Waals surface area contributed by atoms with Crippen LogP contribution in [0.15, 0.2) is 28.5 Å². The van der Waals surface area contributed by atoms with E-state index in [0.29, 0.717) is 51.6 Å². The second kappa shape index (κ2) is 11.2. The number of rotatable bonds is 8. The Bertz CT molecular complexity index is 1090. The number of amides is 1. The summed E-state index contributed by atoms with van der Waals surface area (Å²) in [5, 5.41) is 9.77. The Morgan fingerprint density at radius 2 is 2.00 bits per heavy atom. The highest BCUT2D eigenvalue weighted by Gasteiger charge is 2.20. The minimum absolute atomic E-state index is 0.165. The number of carbonyl (C=O) groups excluding carboxylic acids is 1. The molecule has 0 aliphatic carbocycles. The molecule has 10 nitrogen and oxygen atoms in total. The first-order chi connectivity index (χ1) is 15.6. The monoisotopic (exact) mass is 480 g/mol. The van der Waals surface area contributed by atoms with Crippen LogP contribution in [0.3, 0.4) is 0 Å². The average molecular weight is 481 g/mol. The molecule has 32 heavy (non-hydrogen) atoms. The van der Waals surface area contributed by atoms with Crippen molar-refractivity contribution in [3.05, 3.63) is 23.5 Å². The zero-order valence-corrected chi connectivity index (χ0v) is 19.4. The zero-order chi connectivity index (χ0) is 23.1. The molecule has 1 aliphatic heterocycles. The van der Waals surface area contributed by atoms with Gasteiger partial charge in [-0.25, -0.2) is 20.4 Å². The fourth-order valence-corrected chi connectivity index (χ4v) is 4.29. The van der Waals surface area contributed by atoms with Crippen molar-refractivity contribution in [1.82, 2.24) is 25.0 Å². The summed E-state index contributed by atoms with van der Waals surface area (Å²) >= 11 is 7.80. The molecule has 2 aromatic heterocycles. The molecule has 172 valence electrons. The Morgan fingerprint density at radius 1 is 1.25 bits per heavy atom. The van der Waals surface area contributed by atoms with Crippen molar-refractivity contribution in [2.75, 3.05) is 12.5 Å². The maximum atomic E-state index is 11.1. The Hall–Kier alpha value is -2.76. The molecule has 0 spiro atoms. The third-order valence-corrected chi connectivity index (χ3v) is 6.04. The van der Waals surface area contributed by atoms with Crippen LogP contribution in [0.2, 0.25) is 5.02 Å². The molecule has 1 aromatic carbocycles. The molecule has 1 aliphatic rings. The third kappa shape index (κ3) is 5.34. The molecule has 1 amide bonds. The lowest BCUT2D eigenvalue weighted by Crippen LogP contribution is -2.17. The van der Waals surface area contributed by atoms with Crippen LogP contribution in [0.5, 0.6) is 11.5 Å². The summed E-state index contributed by atoms with van der Waals surface area (Å²) in [6, 6.07) is 3.54. The van der Waals surface area contributed by atoms with Gasteiger partial charge in [0.15, 0.2) is 33.6 Å². The van der Waals surface area contributed by atoms with Crippen molar-refractivity contribution in [3.63, 3.8) is 0 Å². The Morgan fingerprint density at radius 3 is 2.75 bits per heavy atom. The van der Waals surface area contributed by atoms with E-state index in [1.165, 1.54) is 18.1 Å². The number of anilines is 1. The summed E-state index contributed by atoms with van der Waals surface area (Å²) in [5.41, 5.74) is 8.79. The minimum Gasteiger partial charge on any atom is -0.454 e. The standard InChI is InChI=1S/C18H19ClN6O4S.C2H6/c19-10-6-11-12(29-9-28-11)7-13(10)30-18-23-15-16(20)21-8-22-17(15)25(18)5-3-1-2-4-14(26)24-27;1-2/h6-8,27H,1-5,9H2,(H,24,26)(H2,20,21,22);1-2H3. The first-order valence-corrected chi connectivity index (χ1v) is 11.4. The van der Waals surface area contributed by atoms with Gasteiger partial charge in [0.25, 0.3) is 0 Å². The molecule has 3 aromatic rings. The van der Waals surface area contributed by atoms with Gasteiger partial charge in [0.2, 0.25) is 12.7 Å². The largest absolute Gasteiger partial charge is 0.454 e. The predicted octanol–water partition coefficient (Wildman–Crippen LogP) is 4.03. The molecule has 0 unspecified atom stereocenters. The number of aryl methyl sites for hydroxylation is 1. The van der Waals surface area contributed by atoms with Crippen molar-refractivity contribution in [1.29, 1.82) is 0 Å². The number of fused-ring (bicyclic) bond motifs is 2. The number of aromatic nitrogens is 4. The van der Waals surface area contributed by atoms with E-state index in [9.17, 15) is 4.79 Å². The summed E-state index contributed by atoms with van der Waals surface area (Å²) in [5.74, 6) is 1.15. The zero-order valence-electron chi connectivity index (χ0n) is 17.8. The van der Waals surface area contributed by atoms with E-state index in [4.69, 9.17) is 32.0 Å². The number of nitrogens with one attached hydrogen (secondary N) is 1. The van der Waals surface area contributed by atoms with Crippen LogP contribution >= 0.6 is 23.4 Å². The van der Waals surface area contributed by atoms with E-state index in [2.05, 4.69) is 15.0 Å². The van der Waals surface area contributed by atoms with Gasteiger partial charge < -0.3 is 19.8 Å². The number of unbranched alkanes of at least 4 members (excludes halogenated alkanes) is 2. The van der Waals surface area contributed by atoms with E-state index in [1.807, 2.05) is 24.5 Å². The highest BCUT2D eigenvalue weighted by atomic mass is 35.5. The van der Waals surface area contributed by atoms with E-state index in [-0.39, 0.29) is 13.2 Å². The molecular weight excluding hydrogens is 456 g/mol. The minimum atomic E-state index is -0.391. The van der Waals surface area contributed by atoms with Crippen molar-refractivity contribution < 1.29 is 19.5 Å². The van der Waals surface area contributed by atoms with E-state index >= 15 is 0 Å². The number of imidazole rings is 1. The van der Waals surface area contributed by atoms with Gasteiger partial charge in [-0.2, -0.15) is 0 Å². The van der Waals surface area contributed by atoms with Crippen LogP contribution in [-0.4, -0.2) is 37.4 Å². The molecule has 12 heteroatoms. The Balaban J connectivity index is 0.00000141. The lowest BCUT2D eigenvalue weighted by molar-refractivity contribution is -0.129. The van der Waals surface area contributed by atoms with Crippen LogP contribution in [-0.2, 0) is 11.3 Å². The maximum Gasteiger partial charge on any atom is 0.243 e. The normalized spacial score (nSPS) is 11.9. The van der Waals surface area contributed by atoms with Gasteiger partial charge in [-0.05, 0) is 30.7 Å². The van der Waals surface area contributed by atoms with Crippen LogP contribution in [0.25, 0.3) is 11.2 Å². The van der Waals surface area contributed by atoms with Crippen LogP contribution in [0, 0.1) is 0 Å². The third-order valence-electron chi connectivity index (χ3n) is 4.56. The molecule has 0 atom stereocenters. The van der Waals surface area contributed by atoms with Gasteiger partial charge in [-0.3, -0.25) is 10.0 Å². The molecule has 0 saturated carbocycles. The van der Waals surface area contributed by atoms with Crippen molar-refractivity contribution in [2.45, 2.75) is 56.1 Å². The van der Waals surface area contributed by atoms with Crippen molar-refractivity contribution >= 4 is 46.3 Å². The second-order valence-corrected chi connectivity index (χ2v) is 7.98. The fourth-order valence-electron chi connectivity index (χ4n) is 3.08. The van der Waals surface area contributed by atoms with Gasteiger partial charge in [-0.15, -0.1) is 0 Å². The molecule has 4 rings (SSSR count). The maximum absolute atomic E-state index is 11.1. The number of carbonyl (C=O) groups is 1. The molecule has 3 heterocycles. The first kappa shape index (κ1) is 23.9. The quantitative estimate of drug-likeness (QED) is 0.247. The van der Waals surface area contributed by atoms with E-state index in [1.54, 1.807) is 11.5 Å². The topological polar surface area (TPSA) is 137 Å². The molecule has 0 saturated heterocycles. The van der Waals surface area contributed by atoms with Gasteiger partial charge >= 0.3 is 0 Å². The predicted molar refractivity (Wildman–Crippen MR) is 121 cm³/mol. The number of ether oxygens (including phenoxy) is 2. The van der Waals surface area contributed by atoms with E-state index < -0.39 is 5.91 Å². The fraction of sp³-hybridized carbons (Fsp3) is 0.400. The second-order valence-electron chi connectivity index (χ2n) is 6.56. The van der Waals surface area contributed by atoms with Crippen molar-refractivity contribution in [2.24, 2.45) is 0 Å². The summed E-state index contributed by atoms with van der Waals surface area (Å²) < 4.78 is 12.8. The summed E-state index contributed by atoms with van der Waals surface area (Å²) in [6.07, 6.45) is 3.92. The van der Waals surface area contributed by atoms with Gasteiger partial charge in [0.05, 0.1) is 5.02 Å². The van der Waals surface area contributed by atoms with Gasteiger partial charge in [-0.1, -0.05) is 31.9 Å². The summed E-state index contributed by atoms with van der Waals surface area (Å²) in [6.45, 7) is 4.79. The Kier molecular flexibility index (Phi) is 8.37. The summed E-state index contributed by atoms with van der Waals surface area (Å²) in [4.78, 5) is 24.9. The van der Waals surface area contributed by atoms with Crippen LogP contribution in [0.4, 0.5) is 5.82 Å². The highest BCUT2D eigenvalue weighted by Crippen LogP contribution is 2.43. The van der Waals surface area contributed by atoms with Gasteiger partial charge in [0.1, 0.15) is 6.33 Å². The number of nitrogens with zero attached hydrogens (tertiary/aromatic N) is 4. The molecule has 4 N–H and O–H groups in total. The molecular formula is C20H25ClN6O4S. The summed E-state index contributed by atoms with van der Waals surface area (Å²) in [7, 11) is 0. The van der Waals surface area contributed by atoms with Crippen LogP contribution in [0.1, 0.15) is 39.5 Å². The molecule has 0 radical (unpaired) electrons. The highest BCUT2D eigenvalue weighted by molar-refractivity contribution is 7.99. The molecule has 0 bridgehead atoms. The number of halogens is 1. The number of hydrogen-bond donors (Lipinski definition) is 3. The van der Waals surface area contributed by atoms with Crippen LogP contribution < -0.4 is 20.7 Å². The number of hydroxylamine groups is 1. The lowest BCUT2D eigenvalue weighted by Gasteiger charge is -2.09. The lowest BCUT2D eigenvalue weighted by atomic mass is 10.2. The van der Waals surface area contributed by atoms with Gasteiger partial charge in [0, 0.05) is 23.9 Å². The number of hydrogen-bond acceptors (Lipinski definition) is 9. The molecule has 0 fully saturated rings. The van der Waals surface area contributed by atoms with E-state index in [0.717, 1.165) is 17.7 Å². The van der Waals surface area contributed by atoms with Crippen molar-refractivity contribution in [3.8, 4) is 11.5 Å². The Labute approximate surface area is 194 Å². The number of nitrogens with two attached hydrogens (primary N) is 1. The average Bonchev–Trinajstić information content (AvgIpc) is 3.40. The first-order valence-electron chi connectivity index (χ1n) is 10.2.